The van der Waals surface area contributed by atoms with Crippen molar-refractivity contribution < 1.29 is 9.47 Å². The lowest BCUT2D eigenvalue weighted by Gasteiger charge is -2.31. The first kappa shape index (κ1) is 15.1. The second-order valence-corrected chi connectivity index (χ2v) is 5.70. The van der Waals surface area contributed by atoms with Crippen LogP contribution in [-0.2, 0) is 0 Å². The van der Waals surface area contributed by atoms with Crippen molar-refractivity contribution in [1.29, 1.82) is 0 Å². The summed E-state index contributed by atoms with van der Waals surface area (Å²) in [7, 11) is 3.21. The van der Waals surface area contributed by atoms with Crippen molar-refractivity contribution in [2.45, 2.75) is 18.9 Å². The van der Waals surface area contributed by atoms with Crippen molar-refractivity contribution >= 4 is 28.3 Å². The number of nitrogens with zero attached hydrogens (tertiary/aromatic N) is 3. The van der Waals surface area contributed by atoms with E-state index in [1.165, 1.54) is 0 Å². The average molecular weight is 323 g/mol. The topological polar surface area (TPSA) is 73.5 Å². The first-order valence-corrected chi connectivity index (χ1v) is 7.60. The zero-order valence-electron chi connectivity index (χ0n) is 12.7. The van der Waals surface area contributed by atoms with Gasteiger partial charge in [-0.2, -0.15) is 4.98 Å². The number of fused-ring (bicyclic) bond motifs is 1. The predicted molar refractivity (Wildman–Crippen MR) is 87.1 cm³/mol. The number of benzene rings is 1. The van der Waals surface area contributed by atoms with Crippen LogP contribution in [0.2, 0.25) is 5.28 Å². The van der Waals surface area contributed by atoms with Crippen LogP contribution in [0.4, 0.5) is 5.82 Å². The Morgan fingerprint density at radius 2 is 1.77 bits per heavy atom. The molecule has 118 valence electrons. The van der Waals surface area contributed by atoms with E-state index in [0.717, 1.165) is 42.7 Å². The fourth-order valence-corrected chi connectivity index (χ4v) is 2.94. The maximum atomic E-state index is 6.10. The maximum Gasteiger partial charge on any atom is 0.224 e. The lowest BCUT2D eigenvalue weighted by molar-refractivity contribution is 0.355. The second-order valence-electron chi connectivity index (χ2n) is 5.37. The van der Waals surface area contributed by atoms with Gasteiger partial charge in [-0.15, -0.1) is 0 Å². The molecule has 1 fully saturated rings. The van der Waals surface area contributed by atoms with E-state index in [1.807, 2.05) is 12.1 Å². The fourth-order valence-electron chi connectivity index (χ4n) is 2.76. The molecule has 0 unspecified atom stereocenters. The summed E-state index contributed by atoms with van der Waals surface area (Å²) in [6, 6.07) is 3.98. The van der Waals surface area contributed by atoms with Gasteiger partial charge < -0.3 is 20.1 Å². The van der Waals surface area contributed by atoms with Gasteiger partial charge >= 0.3 is 0 Å². The molecule has 0 aliphatic carbocycles. The van der Waals surface area contributed by atoms with Crippen molar-refractivity contribution in [2.75, 3.05) is 32.2 Å². The van der Waals surface area contributed by atoms with Crippen molar-refractivity contribution in [3.8, 4) is 11.5 Å². The van der Waals surface area contributed by atoms with Gasteiger partial charge in [-0.3, -0.25) is 0 Å². The Hall–Kier alpha value is -1.79. The van der Waals surface area contributed by atoms with Crippen LogP contribution in [0.25, 0.3) is 10.9 Å². The van der Waals surface area contributed by atoms with Crippen molar-refractivity contribution in [3.63, 3.8) is 0 Å². The molecule has 0 bridgehead atoms. The molecule has 0 amide bonds. The SMILES string of the molecule is COc1cc2nc(Cl)nc(N3CCC(N)CC3)c2cc1OC. The van der Waals surface area contributed by atoms with E-state index in [9.17, 15) is 0 Å². The van der Waals surface area contributed by atoms with E-state index in [2.05, 4.69) is 14.9 Å². The largest absolute Gasteiger partial charge is 0.493 e. The van der Waals surface area contributed by atoms with Crippen molar-refractivity contribution in [1.82, 2.24) is 9.97 Å². The molecule has 22 heavy (non-hydrogen) atoms. The molecule has 3 rings (SSSR count). The van der Waals surface area contributed by atoms with Crippen molar-refractivity contribution in [3.05, 3.63) is 17.4 Å². The predicted octanol–water partition coefficient (Wildman–Crippen LogP) is 2.23. The summed E-state index contributed by atoms with van der Waals surface area (Å²) in [5, 5.41) is 1.13. The number of piperidine rings is 1. The summed E-state index contributed by atoms with van der Waals surface area (Å²) >= 11 is 6.10. The molecule has 0 spiro atoms. The highest BCUT2D eigenvalue weighted by atomic mass is 35.5. The third-order valence-electron chi connectivity index (χ3n) is 3.99. The number of halogens is 1. The van der Waals surface area contributed by atoms with E-state index in [4.69, 9.17) is 26.8 Å². The number of ether oxygens (including phenoxy) is 2. The Bertz CT molecular complexity index is 687. The molecule has 6 nitrogen and oxygen atoms in total. The average Bonchev–Trinajstić information content (AvgIpc) is 2.53. The lowest BCUT2D eigenvalue weighted by Crippen LogP contribution is -2.40. The van der Waals surface area contributed by atoms with Crippen LogP contribution < -0.4 is 20.1 Å². The van der Waals surface area contributed by atoms with Crippen LogP contribution in [0.5, 0.6) is 11.5 Å². The van der Waals surface area contributed by atoms with Gasteiger partial charge in [0.05, 0.1) is 19.7 Å². The number of rotatable bonds is 3. The van der Waals surface area contributed by atoms with Crippen LogP contribution in [0.15, 0.2) is 12.1 Å². The van der Waals surface area contributed by atoms with Gasteiger partial charge in [-0.05, 0) is 30.5 Å². The van der Waals surface area contributed by atoms with Gasteiger partial charge in [0.1, 0.15) is 5.82 Å². The first-order valence-electron chi connectivity index (χ1n) is 7.22. The molecule has 2 N–H and O–H groups in total. The summed E-state index contributed by atoms with van der Waals surface area (Å²) in [5.41, 5.74) is 6.72. The molecule has 1 saturated heterocycles. The Labute approximate surface area is 134 Å². The number of aromatic nitrogens is 2. The second kappa shape index (κ2) is 6.14. The van der Waals surface area contributed by atoms with E-state index in [1.54, 1.807) is 14.2 Å². The van der Waals surface area contributed by atoms with Gasteiger partial charge in [0.25, 0.3) is 0 Å². The van der Waals surface area contributed by atoms with Gasteiger partial charge in [0.2, 0.25) is 5.28 Å². The fraction of sp³-hybridized carbons (Fsp3) is 0.467. The lowest BCUT2D eigenvalue weighted by atomic mass is 10.1. The Morgan fingerprint density at radius 3 is 2.41 bits per heavy atom. The summed E-state index contributed by atoms with van der Waals surface area (Å²) in [4.78, 5) is 10.9. The number of nitrogens with two attached hydrogens (primary N) is 1. The molecule has 0 radical (unpaired) electrons. The normalized spacial score (nSPS) is 16.1. The third kappa shape index (κ3) is 2.76. The first-order chi connectivity index (χ1) is 10.6. The van der Waals surface area contributed by atoms with Crippen LogP contribution in [0, 0.1) is 0 Å². The zero-order valence-corrected chi connectivity index (χ0v) is 13.4. The van der Waals surface area contributed by atoms with Gasteiger partial charge in [-0.1, -0.05) is 0 Å². The molecular weight excluding hydrogens is 304 g/mol. The highest BCUT2D eigenvalue weighted by molar-refractivity contribution is 6.28. The summed E-state index contributed by atoms with van der Waals surface area (Å²) < 4.78 is 10.7. The molecular formula is C15H19ClN4O2. The Morgan fingerprint density at radius 1 is 1.14 bits per heavy atom. The van der Waals surface area contributed by atoms with E-state index in [0.29, 0.717) is 11.5 Å². The maximum absolute atomic E-state index is 6.10. The smallest absolute Gasteiger partial charge is 0.224 e. The minimum absolute atomic E-state index is 0.226. The van der Waals surface area contributed by atoms with Crippen LogP contribution in [-0.4, -0.2) is 43.3 Å². The minimum Gasteiger partial charge on any atom is -0.493 e. The molecule has 2 heterocycles. The van der Waals surface area contributed by atoms with E-state index in [-0.39, 0.29) is 11.3 Å². The van der Waals surface area contributed by atoms with Gasteiger partial charge in [0.15, 0.2) is 11.5 Å². The standard InChI is InChI=1S/C15H19ClN4O2/c1-21-12-7-10-11(8-13(12)22-2)18-15(16)19-14(10)20-5-3-9(17)4-6-20/h7-9H,3-6,17H2,1-2H3. The Balaban J connectivity index is 2.12. The minimum atomic E-state index is 0.226. The highest BCUT2D eigenvalue weighted by Crippen LogP contribution is 2.36. The van der Waals surface area contributed by atoms with Crippen LogP contribution in [0.3, 0.4) is 0 Å². The number of hydrogen-bond donors (Lipinski definition) is 1. The number of hydrogen-bond acceptors (Lipinski definition) is 6. The molecule has 1 aliphatic heterocycles. The molecule has 2 aromatic rings. The molecule has 0 atom stereocenters. The third-order valence-corrected chi connectivity index (χ3v) is 4.16. The summed E-state index contributed by atoms with van der Waals surface area (Å²) in [6.45, 7) is 1.72. The summed E-state index contributed by atoms with van der Waals surface area (Å²) in [5.74, 6) is 2.09. The quantitative estimate of drug-likeness (QED) is 0.874. The van der Waals surface area contributed by atoms with E-state index < -0.39 is 0 Å². The molecule has 0 saturated carbocycles. The van der Waals surface area contributed by atoms with E-state index >= 15 is 0 Å². The zero-order chi connectivity index (χ0) is 15.7. The highest BCUT2D eigenvalue weighted by Gasteiger charge is 2.21. The summed E-state index contributed by atoms with van der Waals surface area (Å²) in [6.07, 6.45) is 1.88. The monoisotopic (exact) mass is 322 g/mol. The van der Waals surface area contributed by atoms with Gasteiger partial charge in [0, 0.05) is 30.6 Å². The molecule has 1 aromatic carbocycles. The van der Waals surface area contributed by atoms with Crippen LogP contribution in [0.1, 0.15) is 12.8 Å². The molecule has 1 aliphatic rings. The number of anilines is 1. The molecule has 7 heteroatoms. The van der Waals surface area contributed by atoms with Crippen LogP contribution >= 0.6 is 11.6 Å². The Kier molecular flexibility index (Phi) is 4.22. The van der Waals surface area contributed by atoms with Gasteiger partial charge in [-0.25, -0.2) is 4.98 Å². The number of methoxy groups -OCH3 is 2. The molecule has 1 aromatic heterocycles. The van der Waals surface area contributed by atoms with Crippen molar-refractivity contribution in [2.24, 2.45) is 5.73 Å².